The van der Waals surface area contributed by atoms with E-state index in [1.165, 1.54) is 0 Å². The van der Waals surface area contributed by atoms with Crippen molar-refractivity contribution in [2.75, 3.05) is 0 Å². The van der Waals surface area contributed by atoms with Crippen molar-refractivity contribution < 1.29 is 9.90 Å². The minimum absolute atomic E-state index is 0.565. The minimum Gasteiger partial charge on any atom is -0.480 e. The zero-order valence-electron chi connectivity index (χ0n) is 6.34. The SMILES string of the molecule is C=C.CCCC(N)C(=O)O. The van der Waals surface area contributed by atoms with Gasteiger partial charge in [-0.2, -0.15) is 0 Å². The van der Waals surface area contributed by atoms with Gasteiger partial charge in [0.15, 0.2) is 0 Å². The quantitative estimate of drug-likeness (QED) is 0.582. The van der Waals surface area contributed by atoms with Crippen LogP contribution in [0.4, 0.5) is 0 Å². The summed E-state index contributed by atoms with van der Waals surface area (Å²) in [7, 11) is 0. The molecule has 0 aliphatic carbocycles. The van der Waals surface area contributed by atoms with Crippen molar-refractivity contribution in [2.45, 2.75) is 25.8 Å². The van der Waals surface area contributed by atoms with Crippen molar-refractivity contribution >= 4 is 5.97 Å². The Kier molecular flexibility index (Phi) is 9.73. The van der Waals surface area contributed by atoms with Gasteiger partial charge in [-0.15, -0.1) is 13.2 Å². The molecule has 0 radical (unpaired) electrons. The highest BCUT2D eigenvalue weighted by molar-refractivity contribution is 5.72. The van der Waals surface area contributed by atoms with Gasteiger partial charge >= 0.3 is 5.97 Å². The topological polar surface area (TPSA) is 63.3 Å². The van der Waals surface area contributed by atoms with Crippen molar-refractivity contribution in [3.05, 3.63) is 13.2 Å². The molecule has 0 bridgehead atoms. The first-order valence-corrected chi connectivity index (χ1v) is 3.17. The van der Waals surface area contributed by atoms with E-state index in [0.717, 1.165) is 6.42 Å². The van der Waals surface area contributed by atoms with Crippen molar-refractivity contribution in [2.24, 2.45) is 5.73 Å². The molecule has 3 nitrogen and oxygen atoms in total. The van der Waals surface area contributed by atoms with E-state index >= 15 is 0 Å². The lowest BCUT2D eigenvalue weighted by Gasteiger charge is -2.00. The predicted molar refractivity (Wildman–Crippen MR) is 41.8 cm³/mol. The molecule has 0 saturated heterocycles. The van der Waals surface area contributed by atoms with Crippen LogP contribution < -0.4 is 5.73 Å². The van der Waals surface area contributed by atoms with Crippen molar-refractivity contribution in [1.29, 1.82) is 0 Å². The van der Waals surface area contributed by atoms with E-state index in [1.54, 1.807) is 0 Å². The fourth-order valence-electron chi connectivity index (χ4n) is 0.434. The van der Waals surface area contributed by atoms with Crippen LogP contribution >= 0.6 is 0 Å². The number of carbonyl (C=O) groups is 1. The van der Waals surface area contributed by atoms with E-state index in [1.807, 2.05) is 6.92 Å². The summed E-state index contributed by atoms with van der Waals surface area (Å²) in [5.41, 5.74) is 5.13. The van der Waals surface area contributed by atoms with Crippen LogP contribution in [-0.4, -0.2) is 17.1 Å². The lowest BCUT2D eigenvalue weighted by Crippen LogP contribution is -2.29. The van der Waals surface area contributed by atoms with E-state index in [2.05, 4.69) is 13.2 Å². The van der Waals surface area contributed by atoms with Gasteiger partial charge in [0.2, 0.25) is 0 Å². The highest BCUT2D eigenvalue weighted by Gasteiger charge is 2.07. The van der Waals surface area contributed by atoms with Gasteiger partial charge in [-0.05, 0) is 6.42 Å². The first kappa shape index (κ1) is 11.9. The van der Waals surface area contributed by atoms with Crippen LogP contribution in [0.1, 0.15) is 19.8 Å². The number of rotatable bonds is 3. The van der Waals surface area contributed by atoms with Gasteiger partial charge in [0.05, 0.1) is 0 Å². The number of hydrogen-bond acceptors (Lipinski definition) is 2. The molecular formula is C7H15NO2. The van der Waals surface area contributed by atoms with Crippen LogP contribution in [0.3, 0.4) is 0 Å². The van der Waals surface area contributed by atoms with Gasteiger partial charge in [0.25, 0.3) is 0 Å². The van der Waals surface area contributed by atoms with E-state index < -0.39 is 12.0 Å². The Hall–Kier alpha value is -0.830. The number of hydrogen-bond donors (Lipinski definition) is 2. The van der Waals surface area contributed by atoms with E-state index in [0.29, 0.717) is 6.42 Å². The second-order valence-electron chi connectivity index (χ2n) is 1.73. The molecule has 0 aliphatic heterocycles. The lowest BCUT2D eigenvalue weighted by atomic mass is 10.2. The summed E-state index contributed by atoms with van der Waals surface area (Å²) in [5, 5.41) is 8.19. The standard InChI is InChI=1S/C5H11NO2.C2H4/c1-2-3-4(6)5(7)8;1-2/h4H,2-3,6H2,1H3,(H,7,8);1-2H2. The Bertz CT molecular complexity index is 93.6. The summed E-state index contributed by atoms with van der Waals surface area (Å²) < 4.78 is 0. The monoisotopic (exact) mass is 145 g/mol. The molecule has 3 N–H and O–H groups in total. The molecule has 10 heavy (non-hydrogen) atoms. The molecule has 1 unspecified atom stereocenters. The Balaban J connectivity index is 0. The van der Waals surface area contributed by atoms with Crippen molar-refractivity contribution in [1.82, 2.24) is 0 Å². The van der Waals surface area contributed by atoms with Crippen LogP contribution in [-0.2, 0) is 4.79 Å². The van der Waals surface area contributed by atoms with Gasteiger partial charge in [-0.1, -0.05) is 13.3 Å². The number of aliphatic carboxylic acids is 1. The Labute approximate surface area is 61.5 Å². The molecule has 0 fully saturated rings. The summed E-state index contributed by atoms with van der Waals surface area (Å²) in [4.78, 5) is 9.96. The van der Waals surface area contributed by atoms with Crippen LogP contribution in [0.2, 0.25) is 0 Å². The zero-order chi connectivity index (χ0) is 8.57. The van der Waals surface area contributed by atoms with Gasteiger partial charge in [-0.25, -0.2) is 0 Å². The molecule has 0 saturated carbocycles. The highest BCUT2D eigenvalue weighted by Crippen LogP contribution is 1.91. The zero-order valence-corrected chi connectivity index (χ0v) is 6.34. The van der Waals surface area contributed by atoms with Crippen LogP contribution in [0.15, 0.2) is 13.2 Å². The van der Waals surface area contributed by atoms with Gasteiger partial charge < -0.3 is 10.8 Å². The second-order valence-corrected chi connectivity index (χ2v) is 1.73. The van der Waals surface area contributed by atoms with E-state index in [4.69, 9.17) is 10.8 Å². The smallest absolute Gasteiger partial charge is 0.320 e. The molecule has 60 valence electrons. The summed E-state index contributed by atoms with van der Waals surface area (Å²) in [6.45, 7) is 7.91. The Morgan fingerprint density at radius 2 is 2.10 bits per heavy atom. The maximum Gasteiger partial charge on any atom is 0.320 e. The summed E-state index contributed by atoms with van der Waals surface area (Å²) in [6.07, 6.45) is 1.39. The molecule has 0 amide bonds. The number of carboxylic acids is 1. The molecule has 0 aromatic rings. The fraction of sp³-hybridized carbons (Fsp3) is 0.571. The Morgan fingerprint density at radius 1 is 1.70 bits per heavy atom. The van der Waals surface area contributed by atoms with E-state index in [9.17, 15) is 4.79 Å². The maximum atomic E-state index is 9.96. The molecular weight excluding hydrogens is 130 g/mol. The fourth-order valence-corrected chi connectivity index (χ4v) is 0.434. The first-order valence-electron chi connectivity index (χ1n) is 3.17. The molecule has 0 rings (SSSR count). The van der Waals surface area contributed by atoms with Crippen LogP contribution in [0, 0.1) is 0 Å². The van der Waals surface area contributed by atoms with Gasteiger partial charge in [-0.3, -0.25) is 4.79 Å². The van der Waals surface area contributed by atoms with E-state index in [-0.39, 0.29) is 0 Å². The molecule has 0 spiro atoms. The molecule has 0 aromatic carbocycles. The number of nitrogens with two attached hydrogens (primary N) is 1. The van der Waals surface area contributed by atoms with Gasteiger partial charge in [0.1, 0.15) is 6.04 Å². The average Bonchev–Trinajstić information content (AvgIpc) is 1.93. The summed E-state index contributed by atoms with van der Waals surface area (Å²) in [5.74, 6) is -0.910. The van der Waals surface area contributed by atoms with Crippen molar-refractivity contribution in [3.63, 3.8) is 0 Å². The third-order valence-electron chi connectivity index (χ3n) is 0.917. The average molecular weight is 145 g/mol. The maximum absolute atomic E-state index is 9.96. The molecule has 0 heterocycles. The van der Waals surface area contributed by atoms with Gasteiger partial charge in [0, 0.05) is 0 Å². The summed E-state index contributed by atoms with van der Waals surface area (Å²) in [6, 6.07) is -0.667. The Morgan fingerprint density at radius 3 is 2.20 bits per heavy atom. The molecule has 1 atom stereocenters. The largest absolute Gasteiger partial charge is 0.480 e. The highest BCUT2D eigenvalue weighted by atomic mass is 16.4. The normalized spacial score (nSPS) is 11.0. The first-order chi connectivity index (χ1) is 4.68. The molecule has 3 heteroatoms. The minimum atomic E-state index is -0.910. The third-order valence-corrected chi connectivity index (χ3v) is 0.917. The van der Waals surface area contributed by atoms with Crippen LogP contribution in [0.5, 0.6) is 0 Å². The van der Waals surface area contributed by atoms with Crippen molar-refractivity contribution in [3.8, 4) is 0 Å². The third kappa shape index (κ3) is 7.17. The molecule has 0 aromatic heterocycles. The lowest BCUT2D eigenvalue weighted by molar-refractivity contribution is -0.138. The second kappa shape index (κ2) is 8.17. The van der Waals surface area contributed by atoms with Crippen LogP contribution in [0.25, 0.3) is 0 Å². The molecule has 0 aliphatic rings. The summed E-state index contributed by atoms with van der Waals surface area (Å²) >= 11 is 0. The number of carboxylic acid groups (broad SMARTS) is 1. The predicted octanol–water partition coefficient (Wildman–Crippen LogP) is 1.00.